The fourth-order valence-corrected chi connectivity index (χ4v) is 11.9. The number of rotatable bonds is 6. The van der Waals surface area contributed by atoms with E-state index in [0.717, 1.165) is 17.1 Å². The Labute approximate surface area is 355 Å². The van der Waals surface area contributed by atoms with Crippen molar-refractivity contribution in [2.45, 2.75) is 24.7 Å². The molecule has 1 heterocycles. The Balaban J connectivity index is 1.09. The normalized spacial score (nSPS) is 14.1. The maximum Gasteiger partial charge on any atom is 0.0713 e. The molecule has 2 aliphatic rings. The minimum Gasteiger partial charge on any atom is -0.310 e. The van der Waals surface area contributed by atoms with Gasteiger partial charge in [0.2, 0.25) is 0 Å². The van der Waals surface area contributed by atoms with Crippen molar-refractivity contribution < 1.29 is 0 Å². The van der Waals surface area contributed by atoms with Crippen molar-refractivity contribution in [3.63, 3.8) is 0 Å². The van der Waals surface area contributed by atoms with Crippen LogP contribution in [0.2, 0.25) is 0 Å². The molecule has 0 N–H and O–H groups in total. The molecule has 1 aromatic heterocycles. The van der Waals surface area contributed by atoms with E-state index >= 15 is 0 Å². The van der Waals surface area contributed by atoms with Gasteiger partial charge < -0.3 is 4.90 Å². The van der Waals surface area contributed by atoms with Crippen LogP contribution < -0.4 is 4.90 Å². The summed E-state index contributed by atoms with van der Waals surface area (Å²) in [7, 11) is 0. The van der Waals surface area contributed by atoms with Crippen molar-refractivity contribution in [2.75, 3.05) is 4.90 Å². The molecule has 0 atom stereocenters. The van der Waals surface area contributed by atoms with Crippen LogP contribution in [0, 0.1) is 0 Å². The van der Waals surface area contributed by atoms with Gasteiger partial charge in [0.1, 0.15) is 0 Å². The molecular formula is C58H41NS. The SMILES string of the molecule is CC1(C)c2ccccc2-c2ccc(N(c3cccc(-c4cccc5c4sc4ccccc45)c3)c3ccc4c(c3)-c3ccccc3C4(c3ccccc3)c3ccccc3)cc21. The van der Waals surface area contributed by atoms with Gasteiger partial charge in [0.25, 0.3) is 0 Å². The zero-order chi connectivity index (χ0) is 40.0. The van der Waals surface area contributed by atoms with Crippen molar-refractivity contribution in [1.82, 2.24) is 0 Å². The number of nitrogens with zero attached hydrogens (tertiary/aromatic N) is 1. The molecule has 0 saturated heterocycles. The summed E-state index contributed by atoms with van der Waals surface area (Å²) in [5.74, 6) is 0. The summed E-state index contributed by atoms with van der Waals surface area (Å²) in [5, 5.41) is 2.63. The fourth-order valence-electron chi connectivity index (χ4n) is 10.6. The fraction of sp³-hybridized carbons (Fsp3) is 0.0690. The Morgan fingerprint density at radius 1 is 0.367 bits per heavy atom. The standard InChI is InChI=1S/C58H41NS/c1-57(2)51-28-12-9-23-45(51)47-33-31-43(37-54(47)57)59(41-22-15-17-38(35-41)44-26-16-27-49-48-25-11-14-30-55(48)60-56(44)49)42-32-34-53-50(36-42)46-24-10-13-29-52(46)58(53,39-18-5-3-6-19-39)40-20-7-4-8-21-40/h3-37H,1-2H3. The Hall–Kier alpha value is -7.00. The minimum absolute atomic E-state index is 0.131. The number of anilines is 3. The molecule has 2 heteroatoms. The molecule has 0 bridgehead atoms. The van der Waals surface area contributed by atoms with Gasteiger partial charge in [-0.15, -0.1) is 11.3 Å². The van der Waals surface area contributed by atoms with Crippen molar-refractivity contribution in [1.29, 1.82) is 0 Å². The second-order valence-electron chi connectivity index (χ2n) is 16.8. The molecule has 0 aliphatic heterocycles. The van der Waals surface area contributed by atoms with E-state index in [2.05, 4.69) is 231 Å². The lowest BCUT2D eigenvalue weighted by atomic mass is 9.68. The van der Waals surface area contributed by atoms with Crippen LogP contribution in [0.5, 0.6) is 0 Å². The summed E-state index contributed by atoms with van der Waals surface area (Å²) in [6, 6.07) is 79.2. The lowest BCUT2D eigenvalue weighted by Gasteiger charge is -2.34. The quantitative estimate of drug-likeness (QED) is 0.162. The monoisotopic (exact) mass is 783 g/mol. The second kappa shape index (κ2) is 13.3. The predicted octanol–water partition coefficient (Wildman–Crippen LogP) is 15.9. The zero-order valence-corrected chi connectivity index (χ0v) is 34.4. The van der Waals surface area contributed by atoms with Gasteiger partial charge in [-0.25, -0.2) is 0 Å². The van der Waals surface area contributed by atoms with Crippen molar-refractivity contribution in [2.24, 2.45) is 0 Å². The molecule has 1 nitrogen and oxygen atoms in total. The van der Waals surface area contributed by atoms with Gasteiger partial charge in [-0.3, -0.25) is 0 Å². The predicted molar refractivity (Wildman–Crippen MR) is 254 cm³/mol. The summed E-state index contributed by atoms with van der Waals surface area (Å²) in [5.41, 5.74) is 18.4. The van der Waals surface area contributed by atoms with Crippen LogP contribution in [0.1, 0.15) is 47.2 Å². The van der Waals surface area contributed by atoms with Gasteiger partial charge in [0.05, 0.1) is 5.41 Å². The van der Waals surface area contributed by atoms with Gasteiger partial charge in [-0.05, 0) is 109 Å². The van der Waals surface area contributed by atoms with Crippen LogP contribution in [-0.4, -0.2) is 0 Å². The average molecular weight is 784 g/mol. The Morgan fingerprint density at radius 3 is 1.70 bits per heavy atom. The maximum absolute atomic E-state index is 2.49. The van der Waals surface area contributed by atoms with E-state index in [4.69, 9.17) is 0 Å². The molecule has 0 radical (unpaired) electrons. The first-order chi connectivity index (χ1) is 29.5. The third-order valence-corrected chi connectivity index (χ3v) is 14.6. The molecule has 284 valence electrons. The molecule has 0 spiro atoms. The van der Waals surface area contributed by atoms with Gasteiger partial charge in [0, 0.05) is 42.6 Å². The second-order valence-corrected chi connectivity index (χ2v) is 17.9. The number of hydrogen-bond acceptors (Lipinski definition) is 2. The summed E-state index contributed by atoms with van der Waals surface area (Å²) in [6.45, 7) is 4.74. The third kappa shape index (κ3) is 4.98. The van der Waals surface area contributed by atoms with E-state index in [9.17, 15) is 0 Å². The molecule has 12 rings (SSSR count). The molecular weight excluding hydrogens is 743 g/mol. The first-order valence-electron chi connectivity index (χ1n) is 20.9. The van der Waals surface area contributed by atoms with Crippen LogP contribution in [0.25, 0.3) is 53.6 Å². The van der Waals surface area contributed by atoms with Gasteiger partial charge in [-0.1, -0.05) is 184 Å². The number of hydrogen-bond donors (Lipinski definition) is 0. The molecule has 0 saturated carbocycles. The molecule has 0 amide bonds. The maximum atomic E-state index is 2.49. The van der Waals surface area contributed by atoms with Gasteiger partial charge in [0.15, 0.2) is 0 Å². The largest absolute Gasteiger partial charge is 0.310 e. The van der Waals surface area contributed by atoms with E-state index in [-0.39, 0.29) is 5.41 Å². The smallest absolute Gasteiger partial charge is 0.0713 e. The first-order valence-corrected chi connectivity index (χ1v) is 21.7. The number of fused-ring (bicyclic) bond motifs is 9. The van der Waals surface area contributed by atoms with Gasteiger partial charge >= 0.3 is 0 Å². The summed E-state index contributed by atoms with van der Waals surface area (Å²) in [6.07, 6.45) is 0. The molecule has 60 heavy (non-hydrogen) atoms. The molecule has 2 aliphatic carbocycles. The Bertz CT molecular complexity index is 3260. The van der Waals surface area contributed by atoms with Gasteiger partial charge in [-0.2, -0.15) is 0 Å². The summed E-state index contributed by atoms with van der Waals surface area (Å²) < 4.78 is 2.65. The summed E-state index contributed by atoms with van der Waals surface area (Å²) in [4.78, 5) is 2.49. The highest BCUT2D eigenvalue weighted by Crippen LogP contribution is 2.58. The van der Waals surface area contributed by atoms with Crippen molar-refractivity contribution >= 4 is 48.6 Å². The van der Waals surface area contributed by atoms with E-state index < -0.39 is 5.41 Å². The van der Waals surface area contributed by atoms with Crippen LogP contribution in [0.3, 0.4) is 0 Å². The van der Waals surface area contributed by atoms with Crippen LogP contribution in [0.15, 0.2) is 212 Å². The highest BCUT2D eigenvalue weighted by atomic mass is 32.1. The minimum atomic E-state index is -0.454. The first kappa shape index (κ1) is 35.0. The van der Waals surface area contributed by atoms with Crippen molar-refractivity contribution in [3.8, 4) is 33.4 Å². The van der Waals surface area contributed by atoms with Crippen LogP contribution >= 0.6 is 11.3 Å². The van der Waals surface area contributed by atoms with E-state index in [1.807, 2.05) is 11.3 Å². The highest BCUT2D eigenvalue weighted by Gasteiger charge is 2.46. The third-order valence-electron chi connectivity index (χ3n) is 13.3. The topological polar surface area (TPSA) is 3.24 Å². The number of thiophene rings is 1. The average Bonchev–Trinajstić information content (AvgIpc) is 3.91. The highest BCUT2D eigenvalue weighted by molar-refractivity contribution is 7.26. The Kier molecular flexibility index (Phi) is 7.73. The van der Waals surface area contributed by atoms with Crippen molar-refractivity contribution in [3.05, 3.63) is 246 Å². The van der Waals surface area contributed by atoms with E-state index in [1.54, 1.807) is 0 Å². The molecule has 0 unspecified atom stereocenters. The van der Waals surface area contributed by atoms with Crippen LogP contribution in [-0.2, 0) is 10.8 Å². The molecule has 0 fully saturated rings. The number of benzene rings is 9. The molecule has 9 aromatic carbocycles. The van der Waals surface area contributed by atoms with E-state index in [1.165, 1.54) is 86.9 Å². The summed E-state index contributed by atoms with van der Waals surface area (Å²) >= 11 is 1.89. The van der Waals surface area contributed by atoms with E-state index in [0.29, 0.717) is 0 Å². The molecule has 10 aromatic rings. The van der Waals surface area contributed by atoms with Crippen LogP contribution in [0.4, 0.5) is 17.1 Å². The zero-order valence-electron chi connectivity index (χ0n) is 33.6. The lowest BCUT2D eigenvalue weighted by molar-refractivity contribution is 0.660. The lowest BCUT2D eigenvalue weighted by Crippen LogP contribution is -2.28. The Morgan fingerprint density at radius 2 is 0.917 bits per heavy atom.